The molecular weight excluding hydrogens is 1810 g/mol. The lowest BCUT2D eigenvalue weighted by molar-refractivity contribution is -0.134. The van der Waals surface area contributed by atoms with E-state index in [0.717, 1.165) is 93.8 Å². The Balaban J connectivity index is 0.000000396. The van der Waals surface area contributed by atoms with E-state index in [2.05, 4.69) is 332 Å². The molecule has 26 heteroatoms. The summed E-state index contributed by atoms with van der Waals surface area (Å²) < 4.78 is 101. The van der Waals surface area contributed by atoms with Gasteiger partial charge in [0.1, 0.15) is 59.1 Å². The van der Waals surface area contributed by atoms with Crippen LogP contribution >= 0.6 is 11.5 Å². The zero-order valence-electron chi connectivity index (χ0n) is 95.3. The highest BCUT2D eigenvalue weighted by molar-refractivity contribution is 7.05. The Labute approximate surface area is 855 Å². The number of aryl methyl sites for hydroxylation is 9. The summed E-state index contributed by atoms with van der Waals surface area (Å²) in [6.45, 7) is 93.7. The third-order valence-electron chi connectivity index (χ3n) is 24.0. The van der Waals surface area contributed by atoms with E-state index in [1.807, 2.05) is 77.6 Å². The summed E-state index contributed by atoms with van der Waals surface area (Å²) in [5, 5.41) is 30.9. The molecule has 796 valence electrons. The van der Waals surface area contributed by atoms with Gasteiger partial charge in [-0.2, -0.15) is 13.2 Å². The summed E-state index contributed by atoms with van der Waals surface area (Å²) in [5.41, 5.74) is 25.0. The number of oxazole rings is 1. The van der Waals surface area contributed by atoms with E-state index < -0.39 is 12.6 Å². The molecule has 22 nitrogen and oxygen atoms in total. The Morgan fingerprint density at radius 1 is 0.331 bits per heavy atom. The zero-order chi connectivity index (χ0) is 108. The Bertz CT molecular complexity index is 4900. The van der Waals surface area contributed by atoms with Crippen molar-refractivity contribution in [3.63, 3.8) is 0 Å². The van der Waals surface area contributed by atoms with Crippen molar-refractivity contribution in [3.05, 3.63) is 244 Å². The van der Waals surface area contributed by atoms with E-state index in [1.54, 1.807) is 18.8 Å². The lowest BCUT2D eigenvalue weighted by Gasteiger charge is -2.09. The molecule has 0 saturated heterocycles. The molecular formula is C116H183F3N10O12S. The maximum absolute atomic E-state index is 11.9. The maximum atomic E-state index is 11.9. The van der Waals surface area contributed by atoms with Crippen molar-refractivity contribution < 1.29 is 66.9 Å². The van der Waals surface area contributed by atoms with Crippen LogP contribution in [0.5, 0.6) is 0 Å². The third-order valence-corrected chi connectivity index (χ3v) is 25.0. The van der Waals surface area contributed by atoms with Crippen molar-refractivity contribution >= 4 is 11.5 Å². The standard InChI is InChI=1S/C11H18O.C10H14O.C9H12F3NO.C9H13NO.4C9H15NO.C9H14O.C8H14N2S.2C8H13NO.C8H12O/c1-7(2)10-9(5)6-12-11(10)8(3)4;1-7(2)9-5-11-6-10(9)8-3-4-8;1-6(2)7-5-14-13-8(7)3-4-9(10,11)12;1-6(2)8-5-10-11-9(8)7-3-4-7;1-6(2)8-9(7(3)4)11-5-10-8;1-6(2)8-5-11-10-9(8)7(3)4;1-6(2)8-5-10-11-9(8)7(3)4;1-5-8-9(6(2)3)7(4)11-10-8;1-6(2)9-7(3)5-10-8(9)4;1-5(2)7-8(6(3)4)11-10-9-7;1-4-8-7(6(2)3)5-10-9-8;1-4-8-7(6(2)3)5-9-10-8;1-6(2)8-5-9-4-7(8)3/h6-8H,1-5H3;5-8H,3-4H2,1-2H3;5-6H,3-4H2,1-2H3;5-7H,3-4H2,1-2H3;3*5-7H,1-4H3;6H,5H2,1-4H3;5-6H,1-4H3;5-6H,1-4H3;2*5-6H,4H2,1-3H3;4-6H,1-3H3. The van der Waals surface area contributed by atoms with E-state index in [4.69, 9.17) is 49.2 Å². The number of aromatic nitrogens is 10. The van der Waals surface area contributed by atoms with E-state index >= 15 is 0 Å². The molecule has 15 rings (SSSR count). The number of alkyl halides is 3. The second kappa shape index (κ2) is 62.8. The molecule has 2 fully saturated rings. The van der Waals surface area contributed by atoms with E-state index in [0.29, 0.717) is 112 Å². The van der Waals surface area contributed by atoms with Crippen LogP contribution in [-0.2, 0) is 25.7 Å². The van der Waals surface area contributed by atoms with Gasteiger partial charge in [-0.1, -0.05) is 311 Å². The van der Waals surface area contributed by atoms with Crippen LogP contribution in [0.15, 0.2) is 135 Å². The van der Waals surface area contributed by atoms with Crippen molar-refractivity contribution in [1.82, 2.24) is 50.7 Å². The highest BCUT2D eigenvalue weighted by atomic mass is 32.1. The van der Waals surface area contributed by atoms with Crippen LogP contribution in [0.25, 0.3) is 0 Å². The van der Waals surface area contributed by atoms with Gasteiger partial charge < -0.3 is 53.7 Å². The quantitative estimate of drug-likeness (QED) is 0.0513. The Hall–Kier alpha value is -9.85. The smallest absolute Gasteiger partial charge is 0.389 e. The average molecular weight is 2000 g/mol. The second-order valence-electron chi connectivity index (χ2n) is 42.7. The molecule has 0 radical (unpaired) electrons. The normalized spacial score (nSPS) is 12.3. The summed E-state index contributed by atoms with van der Waals surface area (Å²) in [5.74, 6) is 17.9. The van der Waals surface area contributed by atoms with Gasteiger partial charge >= 0.3 is 6.18 Å². The minimum atomic E-state index is -4.13. The van der Waals surface area contributed by atoms with Gasteiger partial charge in [0.15, 0.2) is 6.39 Å². The molecule has 2 aliphatic carbocycles. The van der Waals surface area contributed by atoms with Crippen LogP contribution < -0.4 is 0 Å². The maximum Gasteiger partial charge on any atom is 0.389 e. The molecule has 0 aliphatic heterocycles. The predicted octanol–water partition coefficient (Wildman–Crippen LogP) is 37.8. The molecule has 13 aromatic rings. The first-order valence-electron chi connectivity index (χ1n) is 52.1. The number of hydrogen-bond acceptors (Lipinski definition) is 23. The molecule has 0 spiro atoms. The van der Waals surface area contributed by atoms with E-state index in [1.165, 1.54) is 138 Å². The molecule has 0 unspecified atom stereocenters. The highest BCUT2D eigenvalue weighted by Gasteiger charge is 2.32. The van der Waals surface area contributed by atoms with Crippen molar-refractivity contribution in [3.8, 4) is 0 Å². The van der Waals surface area contributed by atoms with Gasteiger partial charge in [-0.15, -0.1) is 5.10 Å². The largest absolute Gasteiger partial charge is 0.472 e. The number of rotatable bonds is 25. The highest BCUT2D eigenvalue weighted by Crippen LogP contribution is 2.45. The van der Waals surface area contributed by atoms with Gasteiger partial charge in [-0.25, -0.2) is 4.98 Å². The first-order chi connectivity index (χ1) is 66.5. The second-order valence-corrected chi connectivity index (χ2v) is 43.5. The molecule has 0 amide bonds. The molecule has 13 heterocycles. The Morgan fingerprint density at radius 3 is 1.15 bits per heavy atom. The SMILES string of the molecule is CC(C)c1cnoc1C(C)C.CC(C)c1cnoc1C1CC1.CC(C)c1cocc1C1CC1.CC(C)c1conc1C(C)C.CC(C)c1conc1CCC(F)(F)F.CC(C)c1ncoc1C(C)C.CC(C)c1nnsc1C(C)C.CCc1noc(C)c1C(C)C.CCc1nocc1C(C)C.CCc1oncc1C(C)C.Cc1coc(C(C)C)c1C(C)C.Cc1coc(C)c1C(C)C.Cc1cocc1C(C)C. The van der Waals surface area contributed by atoms with Gasteiger partial charge in [-0.05, 0) is 224 Å². The molecule has 13 aromatic heterocycles. The molecule has 2 aliphatic rings. The average Bonchev–Trinajstić information content (AvgIpc) is 1.68. The van der Waals surface area contributed by atoms with Crippen molar-refractivity contribution in [2.75, 3.05) is 0 Å². The van der Waals surface area contributed by atoms with Crippen LogP contribution in [0.4, 0.5) is 13.2 Å². The van der Waals surface area contributed by atoms with Crippen LogP contribution in [0, 0.1) is 34.6 Å². The summed E-state index contributed by atoms with van der Waals surface area (Å²) in [4.78, 5) is 5.50. The number of nitrogens with zero attached hydrogens (tertiary/aromatic N) is 10. The van der Waals surface area contributed by atoms with Gasteiger partial charge in [0.05, 0.1) is 95.2 Å². The van der Waals surface area contributed by atoms with Crippen LogP contribution in [0.3, 0.4) is 0 Å². The number of halogens is 3. The molecule has 2 saturated carbocycles. The molecule has 0 bridgehead atoms. The topological polar surface area (TPSA) is 287 Å². The number of hydrogen-bond donors (Lipinski definition) is 0. The first kappa shape index (κ1) is 126. The van der Waals surface area contributed by atoms with Crippen molar-refractivity contribution in [2.24, 2.45) is 0 Å². The fourth-order valence-electron chi connectivity index (χ4n) is 15.9. The molecule has 0 atom stereocenters. The molecule has 0 N–H and O–H groups in total. The summed E-state index contributed by atoms with van der Waals surface area (Å²) in [7, 11) is 0. The fraction of sp³-hybridized carbons (Fsp3) is 0.638. The van der Waals surface area contributed by atoms with E-state index in [-0.39, 0.29) is 12.3 Å². The van der Waals surface area contributed by atoms with Crippen LogP contribution in [0.2, 0.25) is 0 Å². The molecule has 0 aromatic carbocycles. The minimum Gasteiger partial charge on any atom is -0.472 e. The lowest BCUT2D eigenvalue weighted by Crippen LogP contribution is -2.09. The zero-order valence-corrected chi connectivity index (χ0v) is 96.1. The van der Waals surface area contributed by atoms with Crippen molar-refractivity contribution in [1.29, 1.82) is 0 Å². The minimum absolute atomic E-state index is 0.104. The van der Waals surface area contributed by atoms with Crippen LogP contribution in [0.1, 0.15) is 583 Å². The summed E-state index contributed by atoms with van der Waals surface area (Å²) in [6, 6.07) is 0. The van der Waals surface area contributed by atoms with Gasteiger partial charge in [0.2, 0.25) is 0 Å². The van der Waals surface area contributed by atoms with Gasteiger partial charge in [-0.3, -0.25) is 0 Å². The van der Waals surface area contributed by atoms with Crippen molar-refractivity contribution in [2.45, 2.75) is 487 Å². The van der Waals surface area contributed by atoms with Crippen LogP contribution in [-0.4, -0.2) is 56.8 Å². The third kappa shape index (κ3) is 42.1. The number of furan rings is 4. The van der Waals surface area contributed by atoms with Gasteiger partial charge in [0.25, 0.3) is 0 Å². The Kier molecular flexibility index (Phi) is 55.8. The molecule has 142 heavy (non-hydrogen) atoms. The monoisotopic (exact) mass is 2000 g/mol. The first-order valence-corrected chi connectivity index (χ1v) is 52.9. The van der Waals surface area contributed by atoms with Gasteiger partial charge in [0, 0.05) is 81.9 Å². The summed E-state index contributed by atoms with van der Waals surface area (Å²) in [6.07, 6.45) is 26.1. The Morgan fingerprint density at radius 2 is 0.782 bits per heavy atom. The predicted molar refractivity (Wildman–Crippen MR) is 571 cm³/mol. The lowest BCUT2D eigenvalue weighted by atomic mass is 9.95. The summed E-state index contributed by atoms with van der Waals surface area (Å²) >= 11 is 1.52. The fourth-order valence-corrected chi connectivity index (χ4v) is 16.7. The van der Waals surface area contributed by atoms with E-state index in [9.17, 15) is 13.2 Å².